The van der Waals surface area contributed by atoms with Crippen LogP contribution < -0.4 is 9.47 Å². The highest BCUT2D eigenvalue weighted by atomic mass is 79.9. The second-order valence-electron chi connectivity index (χ2n) is 4.25. The molecule has 1 aromatic rings. The van der Waals surface area contributed by atoms with Crippen LogP contribution in [0.1, 0.15) is 13.8 Å². The van der Waals surface area contributed by atoms with Crippen LogP contribution in [0.25, 0.3) is 0 Å². The second kappa shape index (κ2) is 6.11. The van der Waals surface area contributed by atoms with E-state index in [0.29, 0.717) is 16.0 Å². The SMILES string of the molecule is COc1cc(Br)c(S(=O)(=O)N(C)C(C)C)cc1OC. The molecule has 7 heteroatoms. The molecule has 0 aliphatic heterocycles. The molecule has 0 fully saturated rings. The van der Waals surface area contributed by atoms with E-state index in [2.05, 4.69) is 15.9 Å². The molecule has 0 unspecified atom stereocenters. The third-order valence-electron chi connectivity index (χ3n) is 2.82. The van der Waals surface area contributed by atoms with Gasteiger partial charge in [0.2, 0.25) is 10.0 Å². The lowest BCUT2D eigenvalue weighted by atomic mass is 10.3. The summed E-state index contributed by atoms with van der Waals surface area (Å²) in [5, 5.41) is 0. The lowest BCUT2D eigenvalue weighted by molar-refractivity contribution is 0.353. The topological polar surface area (TPSA) is 55.8 Å². The predicted octanol–water partition coefficient (Wildman–Crippen LogP) is 2.50. The van der Waals surface area contributed by atoms with Gasteiger partial charge in [-0.15, -0.1) is 0 Å². The van der Waals surface area contributed by atoms with E-state index in [4.69, 9.17) is 9.47 Å². The van der Waals surface area contributed by atoms with Gasteiger partial charge >= 0.3 is 0 Å². The van der Waals surface area contributed by atoms with Gasteiger partial charge in [-0.2, -0.15) is 4.31 Å². The van der Waals surface area contributed by atoms with Gasteiger partial charge in [-0.05, 0) is 35.8 Å². The Balaban J connectivity index is 3.43. The van der Waals surface area contributed by atoms with Crippen molar-refractivity contribution in [3.05, 3.63) is 16.6 Å². The molecule has 0 spiro atoms. The predicted molar refractivity (Wildman–Crippen MR) is 77.3 cm³/mol. The van der Waals surface area contributed by atoms with Crippen LogP contribution in [0, 0.1) is 0 Å². The summed E-state index contributed by atoms with van der Waals surface area (Å²) < 4.78 is 36.9. The van der Waals surface area contributed by atoms with Crippen molar-refractivity contribution in [2.75, 3.05) is 21.3 Å². The Morgan fingerprint density at radius 1 is 1.16 bits per heavy atom. The minimum absolute atomic E-state index is 0.134. The Hall–Kier alpha value is -0.790. The van der Waals surface area contributed by atoms with E-state index in [1.807, 2.05) is 13.8 Å². The summed E-state index contributed by atoms with van der Waals surface area (Å²) >= 11 is 3.26. The second-order valence-corrected chi connectivity index (χ2v) is 7.07. The molecule has 0 aliphatic rings. The first-order valence-electron chi connectivity index (χ1n) is 5.65. The first-order chi connectivity index (χ1) is 8.75. The van der Waals surface area contributed by atoms with Gasteiger partial charge in [-0.1, -0.05) is 0 Å². The van der Waals surface area contributed by atoms with Crippen LogP contribution in [-0.2, 0) is 10.0 Å². The Kier molecular flexibility index (Phi) is 5.23. The molecule has 0 aliphatic carbocycles. The summed E-state index contributed by atoms with van der Waals surface area (Å²) in [6, 6.07) is 2.90. The minimum Gasteiger partial charge on any atom is -0.493 e. The Labute approximate surface area is 122 Å². The minimum atomic E-state index is -3.58. The fraction of sp³-hybridized carbons (Fsp3) is 0.500. The van der Waals surface area contributed by atoms with E-state index in [0.717, 1.165) is 0 Å². The summed E-state index contributed by atoms with van der Waals surface area (Å²) in [5.41, 5.74) is 0. The van der Waals surface area contributed by atoms with Crippen molar-refractivity contribution in [1.82, 2.24) is 4.31 Å². The van der Waals surface area contributed by atoms with E-state index in [1.165, 1.54) is 24.6 Å². The van der Waals surface area contributed by atoms with E-state index in [1.54, 1.807) is 13.1 Å². The van der Waals surface area contributed by atoms with Crippen molar-refractivity contribution in [3.8, 4) is 11.5 Å². The number of benzene rings is 1. The molecular formula is C12H18BrNO4S. The zero-order valence-corrected chi connectivity index (χ0v) is 14.0. The molecule has 19 heavy (non-hydrogen) atoms. The molecule has 0 saturated heterocycles. The first kappa shape index (κ1) is 16.3. The molecule has 108 valence electrons. The third-order valence-corrected chi connectivity index (χ3v) is 5.81. The van der Waals surface area contributed by atoms with Gasteiger partial charge in [0.05, 0.1) is 14.2 Å². The number of hydrogen-bond donors (Lipinski definition) is 0. The molecule has 1 aromatic carbocycles. The largest absolute Gasteiger partial charge is 0.493 e. The van der Waals surface area contributed by atoms with Gasteiger partial charge in [-0.3, -0.25) is 0 Å². The van der Waals surface area contributed by atoms with Crippen LogP contribution in [0.3, 0.4) is 0 Å². The van der Waals surface area contributed by atoms with Crippen molar-refractivity contribution < 1.29 is 17.9 Å². The van der Waals surface area contributed by atoms with E-state index < -0.39 is 10.0 Å². The van der Waals surface area contributed by atoms with Crippen LogP contribution in [-0.4, -0.2) is 40.0 Å². The van der Waals surface area contributed by atoms with Crippen LogP contribution in [0.4, 0.5) is 0 Å². The van der Waals surface area contributed by atoms with Gasteiger partial charge in [0, 0.05) is 23.6 Å². The average Bonchev–Trinajstić information content (AvgIpc) is 2.36. The molecular weight excluding hydrogens is 334 g/mol. The fourth-order valence-electron chi connectivity index (χ4n) is 1.47. The monoisotopic (exact) mass is 351 g/mol. The average molecular weight is 352 g/mol. The quantitative estimate of drug-likeness (QED) is 0.817. The van der Waals surface area contributed by atoms with Crippen molar-refractivity contribution in [3.63, 3.8) is 0 Å². The molecule has 5 nitrogen and oxygen atoms in total. The normalized spacial score (nSPS) is 12.0. The van der Waals surface area contributed by atoms with Gasteiger partial charge in [0.15, 0.2) is 11.5 Å². The standard InChI is InChI=1S/C12H18BrNO4S/c1-8(2)14(3)19(15,16)12-7-11(18-5)10(17-4)6-9(12)13/h6-8H,1-5H3. The van der Waals surface area contributed by atoms with Crippen molar-refractivity contribution in [2.45, 2.75) is 24.8 Å². The van der Waals surface area contributed by atoms with Gasteiger partial charge in [0.25, 0.3) is 0 Å². The van der Waals surface area contributed by atoms with Crippen LogP contribution in [0.5, 0.6) is 11.5 Å². The van der Waals surface area contributed by atoms with Crippen LogP contribution in [0.15, 0.2) is 21.5 Å². The Morgan fingerprint density at radius 3 is 2.05 bits per heavy atom. The van der Waals surface area contributed by atoms with Crippen molar-refractivity contribution >= 4 is 26.0 Å². The fourth-order valence-corrected chi connectivity index (χ4v) is 3.83. The molecule has 1 rings (SSSR count). The molecule has 0 N–H and O–H groups in total. The summed E-state index contributed by atoms with van der Waals surface area (Å²) in [6.45, 7) is 3.62. The number of rotatable bonds is 5. The van der Waals surface area contributed by atoms with Crippen molar-refractivity contribution in [1.29, 1.82) is 0 Å². The van der Waals surface area contributed by atoms with Gasteiger partial charge in [-0.25, -0.2) is 8.42 Å². The van der Waals surface area contributed by atoms with E-state index in [-0.39, 0.29) is 10.9 Å². The lowest BCUT2D eigenvalue weighted by Gasteiger charge is -2.22. The third kappa shape index (κ3) is 3.21. The Morgan fingerprint density at radius 2 is 1.63 bits per heavy atom. The highest BCUT2D eigenvalue weighted by molar-refractivity contribution is 9.10. The summed E-state index contributed by atoms with van der Waals surface area (Å²) in [7, 11) is 0.935. The number of sulfonamides is 1. The van der Waals surface area contributed by atoms with Gasteiger partial charge in [0.1, 0.15) is 4.90 Å². The molecule has 0 atom stereocenters. The number of nitrogens with zero attached hydrogens (tertiary/aromatic N) is 1. The maximum Gasteiger partial charge on any atom is 0.244 e. The summed E-state index contributed by atoms with van der Waals surface area (Å²) in [5.74, 6) is 0.849. The Bertz CT molecular complexity index is 557. The van der Waals surface area contributed by atoms with E-state index in [9.17, 15) is 8.42 Å². The summed E-state index contributed by atoms with van der Waals surface area (Å²) in [4.78, 5) is 0.154. The van der Waals surface area contributed by atoms with Crippen LogP contribution in [0.2, 0.25) is 0 Å². The molecule has 0 heterocycles. The van der Waals surface area contributed by atoms with Crippen LogP contribution >= 0.6 is 15.9 Å². The molecule has 0 bridgehead atoms. The zero-order chi connectivity index (χ0) is 14.8. The summed E-state index contributed by atoms with van der Waals surface area (Å²) in [6.07, 6.45) is 0. The van der Waals surface area contributed by atoms with Gasteiger partial charge < -0.3 is 9.47 Å². The number of ether oxygens (including phenoxy) is 2. The maximum absolute atomic E-state index is 12.5. The smallest absolute Gasteiger partial charge is 0.244 e. The lowest BCUT2D eigenvalue weighted by Crippen LogP contribution is -2.33. The molecule has 0 saturated carbocycles. The molecule has 0 radical (unpaired) electrons. The highest BCUT2D eigenvalue weighted by Crippen LogP contribution is 2.36. The van der Waals surface area contributed by atoms with Crippen molar-refractivity contribution in [2.24, 2.45) is 0 Å². The number of halogens is 1. The zero-order valence-electron chi connectivity index (χ0n) is 11.6. The maximum atomic E-state index is 12.5. The first-order valence-corrected chi connectivity index (χ1v) is 7.88. The highest BCUT2D eigenvalue weighted by Gasteiger charge is 2.27. The molecule has 0 aromatic heterocycles. The number of methoxy groups -OCH3 is 2. The molecule has 0 amide bonds. The number of hydrogen-bond acceptors (Lipinski definition) is 4. The van der Waals surface area contributed by atoms with E-state index >= 15 is 0 Å².